The summed E-state index contributed by atoms with van der Waals surface area (Å²) in [5.41, 5.74) is 0.524. The number of carbonyl (C=O) groups is 2. The van der Waals surface area contributed by atoms with E-state index in [-0.39, 0.29) is 5.56 Å². The normalized spacial score (nSPS) is 11.2. The molecule has 0 saturated heterocycles. The summed E-state index contributed by atoms with van der Waals surface area (Å²) in [5.74, 6) is -1.05. The van der Waals surface area contributed by atoms with E-state index in [1.807, 2.05) is 0 Å². The molecule has 0 aliphatic rings. The predicted molar refractivity (Wildman–Crippen MR) is 124 cm³/mol. The van der Waals surface area contributed by atoms with Crippen LogP contribution in [0.2, 0.25) is 0 Å². The summed E-state index contributed by atoms with van der Waals surface area (Å²) >= 11 is 0. The number of alkyl halides is 3. The van der Waals surface area contributed by atoms with Crippen molar-refractivity contribution < 1.29 is 32.2 Å². The van der Waals surface area contributed by atoms with Gasteiger partial charge in [0.2, 0.25) is 0 Å². The first-order valence-electron chi connectivity index (χ1n) is 10.4. The number of amides is 1. The van der Waals surface area contributed by atoms with Crippen LogP contribution in [0.1, 0.15) is 15.9 Å². The van der Waals surface area contributed by atoms with Crippen molar-refractivity contribution in [2.75, 3.05) is 19.0 Å². The summed E-state index contributed by atoms with van der Waals surface area (Å²) in [6.07, 6.45) is -4.64. The zero-order chi connectivity index (χ0) is 25.0. The van der Waals surface area contributed by atoms with Gasteiger partial charge in [-0.15, -0.1) is 0 Å². The van der Waals surface area contributed by atoms with E-state index < -0.39 is 35.9 Å². The van der Waals surface area contributed by atoms with Gasteiger partial charge in [0.05, 0.1) is 35.1 Å². The van der Waals surface area contributed by atoms with Crippen molar-refractivity contribution in [2.45, 2.75) is 6.18 Å². The molecule has 0 spiro atoms. The Morgan fingerprint density at radius 2 is 1.63 bits per heavy atom. The lowest BCUT2D eigenvalue weighted by molar-refractivity contribution is -0.137. The van der Waals surface area contributed by atoms with E-state index in [2.05, 4.69) is 10.3 Å². The van der Waals surface area contributed by atoms with Crippen LogP contribution >= 0.6 is 0 Å². The molecule has 1 amide bonds. The Bertz CT molecular complexity index is 1390. The van der Waals surface area contributed by atoms with Crippen LogP contribution in [0.5, 0.6) is 5.75 Å². The van der Waals surface area contributed by atoms with Gasteiger partial charge in [0.25, 0.3) is 5.91 Å². The molecule has 0 bridgehead atoms. The van der Waals surface area contributed by atoms with Crippen LogP contribution in [-0.4, -0.2) is 30.6 Å². The third kappa shape index (κ3) is 5.40. The summed E-state index contributed by atoms with van der Waals surface area (Å²) in [7, 11) is 1.55. The Morgan fingerprint density at radius 3 is 2.34 bits per heavy atom. The molecule has 1 heterocycles. The van der Waals surface area contributed by atoms with E-state index in [0.29, 0.717) is 22.3 Å². The van der Waals surface area contributed by atoms with Gasteiger partial charge in [-0.05, 0) is 48.5 Å². The van der Waals surface area contributed by atoms with Crippen molar-refractivity contribution in [1.82, 2.24) is 4.98 Å². The maximum Gasteiger partial charge on any atom is 0.418 e. The second-order valence-electron chi connectivity index (χ2n) is 7.47. The van der Waals surface area contributed by atoms with Crippen LogP contribution in [0, 0.1) is 0 Å². The molecule has 0 atom stereocenters. The van der Waals surface area contributed by atoms with Crippen LogP contribution in [-0.2, 0) is 15.7 Å². The number of fused-ring (bicyclic) bond motifs is 1. The molecule has 0 unspecified atom stereocenters. The summed E-state index contributed by atoms with van der Waals surface area (Å²) in [4.78, 5) is 29.7. The minimum atomic E-state index is -4.64. The molecule has 0 saturated carbocycles. The number of rotatable bonds is 6. The highest BCUT2D eigenvalue weighted by Crippen LogP contribution is 2.34. The summed E-state index contributed by atoms with van der Waals surface area (Å²) in [5, 5.41) is 2.66. The van der Waals surface area contributed by atoms with E-state index in [0.717, 1.165) is 17.7 Å². The predicted octanol–water partition coefficient (Wildman–Crippen LogP) is 5.72. The fourth-order valence-electron chi connectivity index (χ4n) is 3.49. The Morgan fingerprint density at radius 1 is 0.943 bits per heavy atom. The second kappa shape index (κ2) is 9.84. The number of anilines is 1. The van der Waals surface area contributed by atoms with Gasteiger partial charge in [-0.3, -0.25) is 4.79 Å². The van der Waals surface area contributed by atoms with E-state index in [9.17, 15) is 22.8 Å². The first kappa shape index (κ1) is 23.7. The van der Waals surface area contributed by atoms with Gasteiger partial charge in [-0.1, -0.05) is 30.3 Å². The van der Waals surface area contributed by atoms with Gasteiger partial charge in [0, 0.05) is 10.9 Å². The van der Waals surface area contributed by atoms with Crippen molar-refractivity contribution in [3.8, 4) is 17.0 Å². The van der Waals surface area contributed by atoms with Gasteiger partial charge >= 0.3 is 12.1 Å². The maximum absolute atomic E-state index is 13.2. The molecule has 3 aromatic carbocycles. The number of nitrogens with one attached hydrogen (secondary N) is 1. The number of carbonyl (C=O) groups excluding carboxylic acids is 2. The van der Waals surface area contributed by atoms with Crippen molar-refractivity contribution in [1.29, 1.82) is 0 Å². The standard InChI is InChI=1S/C26H19F3N2O4/c1-34-17-12-10-16(11-13-17)23-14-19(18-6-2-4-8-21(18)30-23)25(33)35-15-24(32)31-22-9-5-3-7-20(22)26(27,28)29/h2-14H,15H2,1H3,(H,31,32). The van der Waals surface area contributed by atoms with Crippen LogP contribution in [0.4, 0.5) is 18.9 Å². The Labute approximate surface area is 198 Å². The molecule has 1 N–H and O–H groups in total. The Kier molecular flexibility index (Phi) is 6.68. The molecule has 0 aliphatic heterocycles. The van der Waals surface area contributed by atoms with Crippen molar-refractivity contribution in [3.05, 3.63) is 90.0 Å². The van der Waals surface area contributed by atoms with Gasteiger partial charge < -0.3 is 14.8 Å². The molecule has 0 fully saturated rings. The highest BCUT2D eigenvalue weighted by molar-refractivity contribution is 6.05. The first-order valence-corrected chi connectivity index (χ1v) is 10.4. The fourth-order valence-corrected chi connectivity index (χ4v) is 3.49. The SMILES string of the molecule is COc1ccc(-c2cc(C(=O)OCC(=O)Nc3ccccc3C(F)(F)F)c3ccccc3n2)cc1. The van der Waals surface area contributed by atoms with Crippen molar-refractivity contribution in [2.24, 2.45) is 0 Å². The lowest BCUT2D eigenvalue weighted by atomic mass is 10.0. The fraction of sp³-hybridized carbons (Fsp3) is 0.115. The molecular formula is C26H19F3N2O4. The average Bonchev–Trinajstić information content (AvgIpc) is 2.86. The molecule has 0 radical (unpaired) electrons. The molecule has 9 heteroatoms. The Hall–Kier alpha value is -4.40. The van der Waals surface area contributed by atoms with Gasteiger partial charge in [0.1, 0.15) is 5.75 Å². The number of nitrogens with zero attached hydrogens (tertiary/aromatic N) is 1. The van der Waals surface area contributed by atoms with Gasteiger partial charge in [-0.2, -0.15) is 13.2 Å². The number of hydrogen-bond donors (Lipinski definition) is 1. The van der Waals surface area contributed by atoms with E-state index in [1.165, 1.54) is 12.1 Å². The number of para-hydroxylation sites is 2. The average molecular weight is 480 g/mol. The number of hydrogen-bond acceptors (Lipinski definition) is 5. The zero-order valence-corrected chi connectivity index (χ0v) is 18.4. The summed E-state index contributed by atoms with van der Waals surface area (Å²) < 4.78 is 49.8. The smallest absolute Gasteiger partial charge is 0.418 e. The topological polar surface area (TPSA) is 77.5 Å². The molecular weight excluding hydrogens is 461 g/mol. The van der Waals surface area contributed by atoms with Crippen LogP contribution in [0.3, 0.4) is 0 Å². The number of ether oxygens (including phenoxy) is 2. The molecule has 0 aliphatic carbocycles. The van der Waals surface area contributed by atoms with E-state index in [4.69, 9.17) is 9.47 Å². The highest BCUT2D eigenvalue weighted by atomic mass is 19.4. The van der Waals surface area contributed by atoms with E-state index >= 15 is 0 Å². The largest absolute Gasteiger partial charge is 0.497 e. The zero-order valence-electron chi connectivity index (χ0n) is 18.4. The molecule has 1 aromatic heterocycles. The monoisotopic (exact) mass is 480 g/mol. The van der Waals surface area contributed by atoms with Crippen LogP contribution in [0.15, 0.2) is 78.9 Å². The van der Waals surface area contributed by atoms with Crippen molar-refractivity contribution >= 4 is 28.5 Å². The second-order valence-corrected chi connectivity index (χ2v) is 7.47. The molecule has 4 aromatic rings. The van der Waals surface area contributed by atoms with Crippen LogP contribution in [0.25, 0.3) is 22.2 Å². The molecule has 178 valence electrons. The maximum atomic E-state index is 13.2. The minimum Gasteiger partial charge on any atom is -0.497 e. The number of methoxy groups -OCH3 is 1. The number of aromatic nitrogens is 1. The minimum absolute atomic E-state index is 0.171. The molecule has 6 nitrogen and oxygen atoms in total. The van der Waals surface area contributed by atoms with Gasteiger partial charge in [-0.25, -0.2) is 9.78 Å². The Balaban J connectivity index is 1.55. The lowest BCUT2D eigenvalue weighted by Gasteiger charge is -2.14. The van der Waals surface area contributed by atoms with Gasteiger partial charge in [0.15, 0.2) is 6.61 Å². The van der Waals surface area contributed by atoms with Crippen molar-refractivity contribution in [3.63, 3.8) is 0 Å². The number of halogens is 3. The number of benzene rings is 3. The first-order chi connectivity index (χ1) is 16.8. The summed E-state index contributed by atoms with van der Waals surface area (Å²) in [6, 6.07) is 20.1. The molecule has 4 rings (SSSR count). The third-order valence-corrected chi connectivity index (χ3v) is 5.16. The highest BCUT2D eigenvalue weighted by Gasteiger charge is 2.33. The summed E-state index contributed by atoms with van der Waals surface area (Å²) in [6.45, 7) is -0.764. The quantitative estimate of drug-likeness (QED) is 0.357. The van der Waals surface area contributed by atoms with E-state index in [1.54, 1.807) is 61.7 Å². The lowest BCUT2D eigenvalue weighted by Crippen LogP contribution is -2.23. The third-order valence-electron chi connectivity index (χ3n) is 5.16. The molecule has 35 heavy (non-hydrogen) atoms. The van der Waals surface area contributed by atoms with Crippen LogP contribution < -0.4 is 10.1 Å². The number of pyridine rings is 1. The number of esters is 1.